The van der Waals surface area contributed by atoms with Crippen molar-refractivity contribution in [2.24, 2.45) is 5.41 Å². The highest BCUT2D eigenvalue weighted by Gasteiger charge is 2.35. The molecule has 3 aromatic carbocycles. The third kappa shape index (κ3) is 9.99. The molecule has 296 valence electrons. The lowest BCUT2D eigenvalue weighted by atomic mass is 9.77. The number of hydrogen-bond acceptors (Lipinski definition) is 10. The van der Waals surface area contributed by atoms with Gasteiger partial charge in [-0.25, -0.2) is 0 Å². The number of halogens is 1. The molecule has 1 unspecified atom stereocenters. The number of aliphatic hydroxyl groups excluding tert-OH is 2. The van der Waals surface area contributed by atoms with Gasteiger partial charge in [0.15, 0.2) is 0 Å². The molecule has 4 N–H and O–H groups in total. The number of pyridine rings is 1. The number of aliphatic hydroxyl groups is 2. The molecule has 0 spiro atoms. The third-order valence-corrected chi connectivity index (χ3v) is 11.4. The number of hydrogen-bond donors (Lipinski definition) is 4. The van der Waals surface area contributed by atoms with E-state index in [9.17, 15) is 25.4 Å². The number of carbonyl (C=O) groups is 1. The predicted octanol–water partition coefficient (Wildman–Crippen LogP) is 6.98. The van der Waals surface area contributed by atoms with Crippen molar-refractivity contribution in [3.05, 3.63) is 105 Å². The molecule has 0 saturated carbocycles. The van der Waals surface area contributed by atoms with E-state index in [4.69, 9.17) is 25.8 Å². The molecule has 2 saturated heterocycles. The summed E-state index contributed by atoms with van der Waals surface area (Å²) in [7, 11) is 0. The number of carboxylic acids is 1. The van der Waals surface area contributed by atoms with Crippen molar-refractivity contribution in [2.75, 3.05) is 32.8 Å². The van der Waals surface area contributed by atoms with Crippen molar-refractivity contribution in [2.45, 2.75) is 84.3 Å². The number of aliphatic carboxylic acids is 1. The summed E-state index contributed by atoms with van der Waals surface area (Å²) in [6.07, 6.45) is 7.07. The van der Waals surface area contributed by atoms with Crippen molar-refractivity contribution in [1.82, 2.24) is 15.2 Å². The molecular formula is C44H51ClN4O7. The van der Waals surface area contributed by atoms with Crippen LogP contribution in [0.3, 0.4) is 0 Å². The Kier molecular flexibility index (Phi) is 13.9. The number of carboxylic acid groups (broad SMARTS) is 1. The molecule has 3 atom stereocenters. The minimum Gasteiger partial charge on any atom is -0.493 e. The molecule has 2 aliphatic rings. The number of ether oxygens (including phenoxy) is 3. The Labute approximate surface area is 333 Å². The summed E-state index contributed by atoms with van der Waals surface area (Å²) in [5.74, 6) is 0.874. The Morgan fingerprint density at radius 1 is 1.00 bits per heavy atom. The van der Waals surface area contributed by atoms with Crippen molar-refractivity contribution < 1.29 is 34.3 Å². The summed E-state index contributed by atoms with van der Waals surface area (Å²) in [4.78, 5) is 18.2. The lowest BCUT2D eigenvalue weighted by molar-refractivity contribution is -0.144. The molecular weight excluding hydrogens is 732 g/mol. The maximum absolute atomic E-state index is 12.1. The van der Waals surface area contributed by atoms with Gasteiger partial charge >= 0.3 is 5.97 Å². The maximum atomic E-state index is 12.1. The van der Waals surface area contributed by atoms with E-state index < -0.39 is 18.1 Å². The zero-order chi connectivity index (χ0) is 39.7. The van der Waals surface area contributed by atoms with E-state index in [1.807, 2.05) is 29.2 Å². The zero-order valence-corrected chi connectivity index (χ0v) is 32.9. The quantitative estimate of drug-likeness (QED) is 0.0930. The molecule has 0 amide bonds. The summed E-state index contributed by atoms with van der Waals surface area (Å²) in [5, 5.41) is 43.0. The SMILES string of the molecule is Cc1c(COc2cc(OCc3cncc(C#N)c3)c(CN3CCCC[C@H]3C(=O)O)cc2Cl)cccc1-c1cccc(OC[C@@]2(CC(O)CO)CCCNC2)c1C. The normalized spacial score (nSPS) is 19.2. The number of rotatable bonds is 16. The highest BCUT2D eigenvalue weighted by molar-refractivity contribution is 6.32. The lowest BCUT2D eigenvalue weighted by Crippen LogP contribution is -2.46. The Balaban J connectivity index is 1.22. The summed E-state index contributed by atoms with van der Waals surface area (Å²) in [6, 6.07) is 19.0. The van der Waals surface area contributed by atoms with Gasteiger partial charge in [0.2, 0.25) is 0 Å². The van der Waals surface area contributed by atoms with E-state index in [-0.39, 0.29) is 25.2 Å². The minimum atomic E-state index is -0.843. The molecule has 2 aliphatic heterocycles. The van der Waals surface area contributed by atoms with E-state index in [1.165, 1.54) is 6.20 Å². The number of likely N-dealkylation sites (tertiary alicyclic amines) is 1. The average Bonchev–Trinajstić information content (AvgIpc) is 3.21. The highest BCUT2D eigenvalue weighted by Crippen LogP contribution is 2.39. The van der Waals surface area contributed by atoms with E-state index in [1.54, 1.807) is 24.4 Å². The molecule has 3 heterocycles. The molecule has 56 heavy (non-hydrogen) atoms. The summed E-state index contributed by atoms with van der Waals surface area (Å²) < 4.78 is 19.2. The van der Waals surface area contributed by atoms with Gasteiger partial charge in [-0.05, 0) is 105 Å². The van der Waals surface area contributed by atoms with E-state index in [2.05, 4.69) is 42.4 Å². The van der Waals surface area contributed by atoms with Crippen LogP contribution < -0.4 is 19.5 Å². The smallest absolute Gasteiger partial charge is 0.320 e. The van der Waals surface area contributed by atoms with Crippen molar-refractivity contribution in [3.8, 4) is 34.4 Å². The topological polar surface area (TPSA) is 157 Å². The number of nitrogens with zero attached hydrogens (tertiary/aromatic N) is 3. The monoisotopic (exact) mass is 782 g/mol. The molecule has 0 aliphatic carbocycles. The predicted molar refractivity (Wildman–Crippen MR) is 214 cm³/mol. The number of aromatic nitrogens is 1. The molecule has 4 aromatic rings. The Hall–Kier alpha value is -4.70. The highest BCUT2D eigenvalue weighted by atomic mass is 35.5. The Morgan fingerprint density at radius 3 is 2.54 bits per heavy atom. The minimum absolute atomic E-state index is 0.144. The largest absolute Gasteiger partial charge is 0.493 e. The fourth-order valence-electron chi connectivity index (χ4n) is 7.94. The van der Waals surface area contributed by atoms with Gasteiger partial charge in [0.1, 0.15) is 42.6 Å². The number of nitriles is 1. The second-order valence-electron chi connectivity index (χ2n) is 15.1. The number of piperidine rings is 2. The summed E-state index contributed by atoms with van der Waals surface area (Å²) in [6.45, 7) is 7.31. The third-order valence-electron chi connectivity index (χ3n) is 11.1. The Morgan fingerprint density at radius 2 is 1.79 bits per heavy atom. The fourth-order valence-corrected chi connectivity index (χ4v) is 8.18. The average molecular weight is 783 g/mol. The molecule has 6 rings (SSSR count). The molecule has 11 nitrogen and oxygen atoms in total. The van der Waals surface area contributed by atoms with Crippen LogP contribution in [0.5, 0.6) is 17.2 Å². The second kappa shape index (κ2) is 19.0. The first kappa shape index (κ1) is 40.9. The van der Waals surface area contributed by atoms with E-state index in [0.29, 0.717) is 54.6 Å². The van der Waals surface area contributed by atoms with Gasteiger partial charge < -0.3 is 34.8 Å². The van der Waals surface area contributed by atoms with Gasteiger partial charge in [0.05, 0.1) is 29.9 Å². The van der Waals surface area contributed by atoms with Crippen LogP contribution in [-0.4, -0.2) is 76.2 Å². The Bertz CT molecular complexity index is 2030. The van der Waals surface area contributed by atoms with Gasteiger partial charge in [-0.3, -0.25) is 14.7 Å². The lowest BCUT2D eigenvalue weighted by Gasteiger charge is -2.38. The van der Waals surface area contributed by atoms with Crippen LogP contribution >= 0.6 is 11.6 Å². The van der Waals surface area contributed by atoms with Crippen LogP contribution in [0.2, 0.25) is 5.02 Å². The van der Waals surface area contributed by atoms with Gasteiger partial charge in [0.25, 0.3) is 0 Å². The maximum Gasteiger partial charge on any atom is 0.320 e. The van der Waals surface area contributed by atoms with Crippen molar-refractivity contribution >= 4 is 17.6 Å². The standard InChI is InChI=1S/C44H51ClN4O7/c1-29-33(8-5-9-36(29)37-10-6-12-40(30(37)2)56-28-44(19-35(51)24-50)13-7-14-47-27-44)26-55-42-18-41(54-25-32-16-31(20-46)21-48-22-32)34(17-38(42)45)23-49-15-4-3-11-39(49)43(52)53/h5-6,8-10,12,16-18,21-22,35,39,47,50-51H,3-4,7,11,13-15,19,23-28H2,1-2H3,(H,52,53)/t35?,39-,44+/m0/s1. The van der Waals surface area contributed by atoms with Crippen LogP contribution in [0.1, 0.15) is 71.9 Å². The second-order valence-corrected chi connectivity index (χ2v) is 15.5. The van der Waals surface area contributed by atoms with E-state index in [0.717, 1.165) is 83.5 Å². The molecule has 0 bridgehead atoms. The number of nitrogens with one attached hydrogen (secondary N) is 1. The molecule has 0 radical (unpaired) electrons. The number of benzene rings is 3. The first-order valence-electron chi connectivity index (χ1n) is 19.3. The van der Waals surface area contributed by atoms with Crippen LogP contribution in [-0.2, 0) is 24.6 Å². The summed E-state index contributed by atoms with van der Waals surface area (Å²) in [5.41, 5.74) is 6.73. The van der Waals surface area contributed by atoms with Crippen molar-refractivity contribution in [1.29, 1.82) is 5.26 Å². The zero-order valence-electron chi connectivity index (χ0n) is 32.1. The van der Waals surface area contributed by atoms with Gasteiger partial charge in [-0.1, -0.05) is 48.4 Å². The molecule has 2 fully saturated rings. The van der Waals surface area contributed by atoms with E-state index >= 15 is 0 Å². The van der Waals surface area contributed by atoms with Gasteiger partial charge in [-0.15, -0.1) is 0 Å². The van der Waals surface area contributed by atoms with Crippen LogP contribution in [0.15, 0.2) is 67.0 Å². The first-order valence-corrected chi connectivity index (χ1v) is 19.7. The molecule has 1 aromatic heterocycles. The van der Waals surface area contributed by atoms with Crippen LogP contribution in [0, 0.1) is 30.6 Å². The van der Waals surface area contributed by atoms with Gasteiger partial charge in [0, 0.05) is 48.1 Å². The first-order chi connectivity index (χ1) is 27.1. The summed E-state index contributed by atoms with van der Waals surface area (Å²) >= 11 is 6.87. The van der Waals surface area contributed by atoms with Crippen molar-refractivity contribution in [3.63, 3.8) is 0 Å². The fraction of sp³-hybridized carbons (Fsp3) is 0.432. The van der Waals surface area contributed by atoms with Crippen LogP contribution in [0.4, 0.5) is 0 Å². The van der Waals surface area contributed by atoms with Crippen LogP contribution in [0.25, 0.3) is 11.1 Å². The molecule has 12 heteroatoms. The van der Waals surface area contributed by atoms with Gasteiger partial charge in [-0.2, -0.15) is 5.26 Å².